The minimum Gasteiger partial charge on any atom is -0.487 e. The Bertz CT molecular complexity index is 2000. The minimum atomic E-state index is -4.25. The highest BCUT2D eigenvalue weighted by Gasteiger charge is 2.24. The molecule has 0 bridgehead atoms. The van der Waals surface area contributed by atoms with E-state index in [1.165, 1.54) is 22.8 Å². The number of hydrogen-bond acceptors (Lipinski definition) is 15. The first-order valence-corrected chi connectivity index (χ1v) is 16.8. The van der Waals surface area contributed by atoms with Crippen LogP contribution in [-0.4, -0.2) is 76.2 Å². The molecule has 0 saturated heterocycles. The largest absolute Gasteiger partial charge is 0.487 e. The molecule has 1 aliphatic rings. The topological polar surface area (TPSA) is 195 Å². The molecule has 0 radical (unpaired) electrons. The molecule has 1 aliphatic heterocycles. The van der Waals surface area contributed by atoms with Crippen molar-refractivity contribution in [1.82, 2.24) is 15.0 Å². The van der Waals surface area contributed by atoms with Crippen molar-refractivity contribution in [3.05, 3.63) is 65.9 Å². The summed E-state index contributed by atoms with van der Waals surface area (Å²) < 4.78 is 65.1. The van der Waals surface area contributed by atoms with E-state index in [1.54, 1.807) is 43.4 Å². The van der Waals surface area contributed by atoms with Gasteiger partial charge in [-0.2, -0.15) is 18.6 Å². The van der Waals surface area contributed by atoms with Crippen LogP contribution in [0.15, 0.2) is 70.0 Å². The molecular weight excluding hydrogens is 682 g/mol. The zero-order chi connectivity index (χ0) is 34.2. The SMILES string of the molecule is C[n+]1c(Cl)nc(Nc2ccc3c(c2)OCCOCCOCCOCCO3)nc1Nc1ccc(S(=O)(=O)ON)cc1-c1nc2ccccc2o1. The van der Waals surface area contributed by atoms with Gasteiger partial charge in [0.1, 0.15) is 18.7 Å². The molecule has 0 unspecified atom stereocenters. The van der Waals surface area contributed by atoms with Crippen LogP contribution in [0.5, 0.6) is 11.5 Å². The number of ether oxygens (including phenoxy) is 5. The molecule has 0 atom stereocenters. The second-order valence-electron chi connectivity index (χ2n) is 10.4. The number of fused-ring (bicyclic) bond motifs is 2. The molecule has 0 aliphatic carbocycles. The van der Waals surface area contributed by atoms with Crippen LogP contribution in [0.1, 0.15) is 0 Å². The van der Waals surface area contributed by atoms with E-state index in [0.29, 0.717) is 85.8 Å². The summed E-state index contributed by atoms with van der Waals surface area (Å²) in [5.74, 6) is 6.60. The van der Waals surface area contributed by atoms with Gasteiger partial charge in [-0.15, -0.1) is 0 Å². The van der Waals surface area contributed by atoms with Crippen LogP contribution in [0.3, 0.4) is 0 Å². The monoisotopic (exact) mass is 714 g/mol. The van der Waals surface area contributed by atoms with Crippen LogP contribution in [0.4, 0.5) is 23.3 Å². The third-order valence-corrected chi connectivity index (χ3v) is 8.52. The number of halogens is 1. The fourth-order valence-electron chi connectivity index (χ4n) is 4.66. The molecular formula is C31H33ClN7O9S+. The smallest absolute Gasteiger partial charge is 0.357 e. The summed E-state index contributed by atoms with van der Waals surface area (Å²) in [6.07, 6.45) is 0. The quantitative estimate of drug-likeness (QED) is 0.163. The summed E-state index contributed by atoms with van der Waals surface area (Å²) in [5, 5.41) is 6.44. The van der Waals surface area contributed by atoms with Gasteiger partial charge in [0.15, 0.2) is 17.1 Å². The van der Waals surface area contributed by atoms with Crippen molar-refractivity contribution in [2.24, 2.45) is 12.9 Å². The summed E-state index contributed by atoms with van der Waals surface area (Å²) in [7, 11) is -2.59. The summed E-state index contributed by atoms with van der Waals surface area (Å²) in [6, 6.07) is 16.6. The molecule has 16 nitrogen and oxygen atoms in total. The maximum Gasteiger partial charge on any atom is 0.357 e. The summed E-state index contributed by atoms with van der Waals surface area (Å²) in [6.45, 7) is 3.19. The molecule has 0 amide bonds. The maximum absolute atomic E-state index is 12.5. The molecule has 258 valence electrons. The first-order valence-electron chi connectivity index (χ1n) is 15.0. The third-order valence-electron chi connectivity index (χ3n) is 7.10. The fraction of sp³-hybridized carbons (Fsp3) is 0.290. The molecule has 2 aromatic heterocycles. The van der Waals surface area contributed by atoms with Crippen molar-refractivity contribution in [2.75, 3.05) is 63.5 Å². The molecule has 3 aromatic carbocycles. The summed E-state index contributed by atoms with van der Waals surface area (Å²) in [5.41, 5.74) is 2.36. The lowest BCUT2D eigenvalue weighted by molar-refractivity contribution is -0.660. The highest BCUT2D eigenvalue weighted by molar-refractivity contribution is 7.86. The van der Waals surface area contributed by atoms with Crippen molar-refractivity contribution >= 4 is 56.1 Å². The van der Waals surface area contributed by atoms with Crippen molar-refractivity contribution in [2.45, 2.75) is 4.90 Å². The summed E-state index contributed by atoms with van der Waals surface area (Å²) >= 11 is 6.53. The van der Waals surface area contributed by atoms with E-state index in [9.17, 15) is 8.42 Å². The van der Waals surface area contributed by atoms with Crippen molar-refractivity contribution in [3.8, 4) is 23.0 Å². The van der Waals surface area contributed by atoms with Gasteiger partial charge in [-0.1, -0.05) is 22.1 Å². The standard InChI is InChI=1S/C31H32ClN7O9S/c1-39-29(32)37-30(34-20-6-9-26-27(18-20)46-17-15-44-13-11-42-10-12-43-14-16-45-26)38-31(39)36-23-8-7-21(49(40,41)48-33)19-22(23)28-35-24-4-2-3-5-25(24)47-28/h2-9,18-19H,10-17,33H2,1H3,(H,34,35,36,38)/p+1. The predicted octanol–water partition coefficient (Wildman–Crippen LogP) is 3.65. The van der Waals surface area contributed by atoms with Crippen LogP contribution >= 0.6 is 11.6 Å². The second kappa shape index (κ2) is 15.7. The highest BCUT2D eigenvalue weighted by atomic mass is 35.5. The van der Waals surface area contributed by atoms with Gasteiger partial charge >= 0.3 is 27.3 Å². The molecule has 3 heterocycles. The summed E-state index contributed by atoms with van der Waals surface area (Å²) in [4.78, 5) is 13.3. The van der Waals surface area contributed by atoms with Gasteiger partial charge in [0.2, 0.25) is 5.89 Å². The van der Waals surface area contributed by atoms with Gasteiger partial charge in [0.05, 0.1) is 62.8 Å². The molecule has 0 saturated carbocycles. The zero-order valence-corrected chi connectivity index (χ0v) is 27.8. The van der Waals surface area contributed by atoms with Gasteiger partial charge in [-0.05, 0) is 54.1 Å². The van der Waals surface area contributed by atoms with E-state index in [1.807, 2.05) is 6.07 Å². The Morgan fingerprint density at radius 2 is 1.51 bits per heavy atom. The minimum absolute atomic E-state index is 0.0917. The number of benzene rings is 3. The van der Waals surface area contributed by atoms with Crippen LogP contribution in [-0.2, 0) is 35.7 Å². The van der Waals surface area contributed by atoms with Gasteiger partial charge in [0.25, 0.3) is 0 Å². The number of hydrogen-bond donors (Lipinski definition) is 3. The Kier molecular flexibility index (Phi) is 11.0. The Morgan fingerprint density at radius 1 is 0.816 bits per heavy atom. The number of oxazole rings is 1. The molecule has 6 rings (SSSR count). The molecule has 4 N–H and O–H groups in total. The number of nitrogens with zero attached hydrogens (tertiary/aromatic N) is 4. The molecule has 0 spiro atoms. The lowest BCUT2D eigenvalue weighted by Gasteiger charge is -2.14. The average Bonchev–Trinajstić information content (AvgIpc) is 3.53. The van der Waals surface area contributed by atoms with Crippen molar-refractivity contribution in [3.63, 3.8) is 0 Å². The maximum atomic E-state index is 12.5. The lowest BCUT2D eigenvalue weighted by atomic mass is 10.1. The number of para-hydroxylation sites is 2. The lowest BCUT2D eigenvalue weighted by Crippen LogP contribution is -2.36. The van der Waals surface area contributed by atoms with Crippen molar-refractivity contribution < 1.29 is 45.4 Å². The van der Waals surface area contributed by atoms with Crippen LogP contribution in [0.2, 0.25) is 5.28 Å². The Balaban J connectivity index is 1.28. The van der Waals surface area contributed by atoms with Crippen LogP contribution in [0.25, 0.3) is 22.6 Å². The van der Waals surface area contributed by atoms with Crippen LogP contribution < -0.4 is 30.6 Å². The van der Waals surface area contributed by atoms with E-state index in [-0.39, 0.29) is 34.6 Å². The third kappa shape index (κ3) is 8.52. The van der Waals surface area contributed by atoms with Gasteiger partial charge < -0.3 is 33.4 Å². The molecule has 5 aromatic rings. The number of rotatable bonds is 7. The van der Waals surface area contributed by atoms with Crippen molar-refractivity contribution in [1.29, 1.82) is 0 Å². The van der Waals surface area contributed by atoms with E-state index >= 15 is 0 Å². The van der Waals surface area contributed by atoms with E-state index in [2.05, 4.69) is 29.9 Å². The Hall–Kier alpha value is -4.62. The number of nitrogens with one attached hydrogen (secondary N) is 2. The Morgan fingerprint density at radius 3 is 2.22 bits per heavy atom. The molecule has 49 heavy (non-hydrogen) atoms. The first-order chi connectivity index (χ1) is 23.8. The fourth-order valence-corrected chi connectivity index (χ4v) is 5.42. The van der Waals surface area contributed by atoms with Gasteiger partial charge in [-0.25, -0.2) is 9.55 Å². The second-order valence-corrected chi connectivity index (χ2v) is 12.3. The number of nitrogens with two attached hydrogens (primary N) is 1. The predicted molar refractivity (Wildman–Crippen MR) is 177 cm³/mol. The molecule has 18 heteroatoms. The van der Waals surface area contributed by atoms with E-state index < -0.39 is 10.1 Å². The van der Waals surface area contributed by atoms with E-state index in [4.69, 9.17) is 45.6 Å². The number of aromatic nitrogens is 4. The Labute approximate surface area is 286 Å². The number of anilines is 4. The highest BCUT2D eigenvalue weighted by Crippen LogP contribution is 2.35. The van der Waals surface area contributed by atoms with Gasteiger partial charge in [0, 0.05) is 11.8 Å². The van der Waals surface area contributed by atoms with Gasteiger partial charge in [-0.3, -0.25) is 5.32 Å². The first kappa shape index (κ1) is 34.3. The van der Waals surface area contributed by atoms with E-state index in [0.717, 1.165) is 0 Å². The molecule has 0 fully saturated rings. The van der Waals surface area contributed by atoms with Crippen LogP contribution in [0, 0.1) is 0 Å². The average molecular weight is 715 g/mol. The normalized spacial score (nSPS) is 14.9. The zero-order valence-electron chi connectivity index (χ0n) is 26.3.